The smallest absolute Gasteiger partial charge is 0.239 e. The average Bonchev–Trinajstić information content (AvgIpc) is 3.09. The van der Waals surface area contributed by atoms with Gasteiger partial charge in [0.1, 0.15) is 0 Å². The Morgan fingerprint density at radius 1 is 1.37 bits per heavy atom. The summed E-state index contributed by atoms with van der Waals surface area (Å²) < 4.78 is 0. The molecule has 3 unspecified atom stereocenters. The van der Waals surface area contributed by atoms with Crippen LogP contribution in [0.2, 0.25) is 0 Å². The van der Waals surface area contributed by atoms with Crippen molar-refractivity contribution in [1.82, 2.24) is 10.3 Å². The molecule has 3 rings (SSSR count). The molecule has 0 aromatic carbocycles. The Kier molecular flexibility index (Phi) is 3.14. The Morgan fingerprint density at radius 2 is 2.00 bits per heavy atom. The summed E-state index contributed by atoms with van der Waals surface area (Å²) in [7, 11) is 1.86. The quantitative estimate of drug-likeness (QED) is 0.856. The van der Waals surface area contributed by atoms with E-state index in [1.54, 1.807) is 0 Å². The fourth-order valence-corrected chi connectivity index (χ4v) is 3.83. The number of hydrogen-bond donors (Lipinski definition) is 1. The highest BCUT2D eigenvalue weighted by atomic mass is 32.1. The maximum absolute atomic E-state index is 12.3. The Balaban J connectivity index is 1.88. The summed E-state index contributed by atoms with van der Waals surface area (Å²) in [4.78, 5) is 30.3. The highest BCUT2D eigenvalue weighted by molar-refractivity contribution is 7.14. The molecule has 2 heterocycles. The second-order valence-electron chi connectivity index (χ2n) is 5.22. The summed E-state index contributed by atoms with van der Waals surface area (Å²) in [5.41, 5.74) is 0.875. The number of anilines is 1. The molecule has 2 aliphatic rings. The summed E-state index contributed by atoms with van der Waals surface area (Å²) in [6.45, 7) is 2.00. The van der Waals surface area contributed by atoms with Crippen LogP contribution < -0.4 is 10.2 Å². The first-order valence-electron chi connectivity index (χ1n) is 6.64. The van der Waals surface area contributed by atoms with Gasteiger partial charge in [-0.3, -0.25) is 9.59 Å². The summed E-state index contributed by atoms with van der Waals surface area (Å²) in [5.74, 6) is -0.292. The standard InChI is InChI=1S/C13H17N3O2S/c1-7(14-2)10-6-19-13(15-10)16-11(17)8-4-3-5-9(8)12(16)18/h6-9,14H,3-5H2,1-2H3. The van der Waals surface area contributed by atoms with Crippen LogP contribution in [0, 0.1) is 11.8 Å². The van der Waals surface area contributed by atoms with Crippen molar-refractivity contribution in [1.29, 1.82) is 0 Å². The van der Waals surface area contributed by atoms with Gasteiger partial charge in [-0.15, -0.1) is 11.3 Å². The molecule has 3 atom stereocenters. The van der Waals surface area contributed by atoms with Crippen LogP contribution in [0.5, 0.6) is 0 Å². The molecule has 1 N–H and O–H groups in total. The number of amides is 2. The second-order valence-corrected chi connectivity index (χ2v) is 6.06. The molecule has 6 heteroatoms. The van der Waals surface area contributed by atoms with Crippen LogP contribution in [0.4, 0.5) is 5.13 Å². The van der Waals surface area contributed by atoms with E-state index >= 15 is 0 Å². The third kappa shape index (κ3) is 1.90. The van der Waals surface area contributed by atoms with Gasteiger partial charge < -0.3 is 5.32 Å². The molecular weight excluding hydrogens is 262 g/mol. The topological polar surface area (TPSA) is 62.3 Å². The van der Waals surface area contributed by atoms with E-state index in [1.165, 1.54) is 16.2 Å². The van der Waals surface area contributed by atoms with Gasteiger partial charge in [0.15, 0.2) is 5.13 Å². The van der Waals surface area contributed by atoms with Crippen molar-refractivity contribution in [3.05, 3.63) is 11.1 Å². The Morgan fingerprint density at radius 3 is 2.58 bits per heavy atom. The number of fused-ring (bicyclic) bond motifs is 1. The van der Waals surface area contributed by atoms with Gasteiger partial charge in [0.2, 0.25) is 11.8 Å². The van der Waals surface area contributed by atoms with Crippen LogP contribution in [-0.4, -0.2) is 23.8 Å². The molecule has 1 saturated heterocycles. The van der Waals surface area contributed by atoms with Gasteiger partial charge in [0.25, 0.3) is 0 Å². The zero-order chi connectivity index (χ0) is 13.6. The van der Waals surface area contributed by atoms with E-state index in [2.05, 4.69) is 10.3 Å². The molecule has 19 heavy (non-hydrogen) atoms. The number of carbonyl (C=O) groups is 2. The van der Waals surface area contributed by atoms with E-state index in [-0.39, 0.29) is 29.7 Å². The average molecular weight is 279 g/mol. The van der Waals surface area contributed by atoms with Crippen LogP contribution in [0.1, 0.15) is 37.9 Å². The Labute approximate surface area is 116 Å². The number of hydrogen-bond acceptors (Lipinski definition) is 5. The summed E-state index contributed by atoms with van der Waals surface area (Å²) >= 11 is 1.37. The van der Waals surface area contributed by atoms with Gasteiger partial charge in [0.05, 0.1) is 17.5 Å². The molecule has 0 spiro atoms. The van der Waals surface area contributed by atoms with Gasteiger partial charge in [-0.25, -0.2) is 9.88 Å². The lowest BCUT2D eigenvalue weighted by molar-refractivity contribution is -0.122. The van der Waals surface area contributed by atoms with Crippen molar-refractivity contribution in [2.45, 2.75) is 32.2 Å². The molecule has 1 aliphatic heterocycles. The molecular formula is C13H17N3O2S. The highest BCUT2D eigenvalue weighted by Gasteiger charge is 2.51. The first-order chi connectivity index (χ1) is 9.13. The predicted octanol–water partition coefficient (Wildman–Crippen LogP) is 1.71. The number of imide groups is 1. The number of rotatable bonds is 3. The number of carbonyl (C=O) groups excluding carboxylic acids is 2. The normalized spacial score (nSPS) is 28.0. The number of aromatic nitrogens is 1. The molecule has 1 aromatic rings. The van der Waals surface area contributed by atoms with E-state index in [0.29, 0.717) is 5.13 Å². The zero-order valence-corrected chi connectivity index (χ0v) is 11.9. The van der Waals surface area contributed by atoms with Gasteiger partial charge in [-0.2, -0.15) is 0 Å². The second kappa shape index (κ2) is 4.68. The van der Waals surface area contributed by atoms with Gasteiger partial charge in [-0.05, 0) is 26.8 Å². The predicted molar refractivity (Wildman–Crippen MR) is 72.9 cm³/mol. The molecule has 1 aromatic heterocycles. The van der Waals surface area contributed by atoms with Crippen LogP contribution >= 0.6 is 11.3 Å². The van der Waals surface area contributed by atoms with E-state index in [0.717, 1.165) is 25.0 Å². The molecule has 2 amide bonds. The van der Waals surface area contributed by atoms with Crippen molar-refractivity contribution >= 4 is 28.3 Å². The van der Waals surface area contributed by atoms with E-state index in [9.17, 15) is 9.59 Å². The molecule has 0 radical (unpaired) electrons. The van der Waals surface area contributed by atoms with Gasteiger partial charge >= 0.3 is 0 Å². The van der Waals surface area contributed by atoms with Crippen LogP contribution in [-0.2, 0) is 9.59 Å². The summed E-state index contributed by atoms with van der Waals surface area (Å²) in [6, 6.07) is 0.123. The third-order valence-corrected chi connectivity index (χ3v) is 5.01. The van der Waals surface area contributed by atoms with Gasteiger partial charge in [0, 0.05) is 11.4 Å². The zero-order valence-electron chi connectivity index (χ0n) is 11.0. The monoisotopic (exact) mass is 279 g/mol. The molecule has 102 valence electrons. The van der Waals surface area contributed by atoms with E-state index < -0.39 is 0 Å². The first-order valence-corrected chi connectivity index (χ1v) is 7.52. The fourth-order valence-electron chi connectivity index (χ4n) is 2.91. The van der Waals surface area contributed by atoms with E-state index in [4.69, 9.17) is 0 Å². The maximum atomic E-state index is 12.3. The SMILES string of the molecule is CNC(C)c1csc(N2C(=O)C3CCCC3C2=O)n1. The molecule has 1 aliphatic carbocycles. The van der Waals surface area contributed by atoms with Crippen molar-refractivity contribution in [3.8, 4) is 0 Å². The van der Waals surface area contributed by atoms with Crippen LogP contribution in [0.3, 0.4) is 0 Å². The van der Waals surface area contributed by atoms with Crippen molar-refractivity contribution < 1.29 is 9.59 Å². The van der Waals surface area contributed by atoms with Crippen molar-refractivity contribution in [2.24, 2.45) is 11.8 Å². The summed E-state index contributed by atoms with van der Waals surface area (Å²) in [6.07, 6.45) is 2.67. The lowest BCUT2D eigenvalue weighted by atomic mass is 10.00. The molecule has 2 fully saturated rings. The van der Waals surface area contributed by atoms with E-state index in [1.807, 2.05) is 19.4 Å². The first kappa shape index (κ1) is 12.7. The van der Waals surface area contributed by atoms with Crippen molar-refractivity contribution in [3.63, 3.8) is 0 Å². The Bertz CT molecular complexity index is 506. The number of nitrogens with zero attached hydrogens (tertiary/aromatic N) is 2. The minimum absolute atomic E-state index is 0.0505. The lowest BCUT2D eigenvalue weighted by Gasteiger charge is -2.12. The van der Waals surface area contributed by atoms with Crippen LogP contribution in [0.25, 0.3) is 0 Å². The lowest BCUT2D eigenvalue weighted by Crippen LogP contribution is -2.31. The van der Waals surface area contributed by atoms with Crippen LogP contribution in [0.15, 0.2) is 5.38 Å². The number of nitrogens with one attached hydrogen (secondary N) is 1. The van der Waals surface area contributed by atoms with Gasteiger partial charge in [-0.1, -0.05) is 6.42 Å². The van der Waals surface area contributed by atoms with Crippen molar-refractivity contribution in [2.75, 3.05) is 11.9 Å². The molecule has 0 bridgehead atoms. The highest BCUT2D eigenvalue weighted by Crippen LogP contribution is 2.42. The Hall–Kier alpha value is -1.27. The third-order valence-electron chi connectivity index (χ3n) is 4.17. The summed E-state index contributed by atoms with van der Waals surface area (Å²) in [5, 5.41) is 5.54. The fraction of sp³-hybridized carbons (Fsp3) is 0.615. The number of thiazole rings is 1. The molecule has 1 saturated carbocycles. The molecule has 5 nitrogen and oxygen atoms in total. The minimum Gasteiger partial charge on any atom is -0.312 e. The maximum Gasteiger partial charge on any atom is 0.239 e. The largest absolute Gasteiger partial charge is 0.312 e. The minimum atomic E-state index is -0.0958.